The van der Waals surface area contributed by atoms with Crippen molar-refractivity contribution in [3.8, 4) is 0 Å². The van der Waals surface area contributed by atoms with Crippen molar-refractivity contribution in [2.45, 2.75) is 18.9 Å². The van der Waals surface area contributed by atoms with Crippen LogP contribution in [-0.4, -0.2) is 29.9 Å². The van der Waals surface area contributed by atoms with E-state index in [0.717, 1.165) is 19.4 Å². The first-order chi connectivity index (χ1) is 8.08. The molecule has 0 aromatic heterocycles. The number of hydrogen-bond acceptors (Lipinski definition) is 2. The van der Waals surface area contributed by atoms with E-state index in [2.05, 4.69) is 15.9 Å². The third-order valence-electron chi connectivity index (χ3n) is 2.91. The van der Waals surface area contributed by atoms with Gasteiger partial charge in [0.1, 0.15) is 5.82 Å². The van der Waals surface area contributed by atoms with Gasteiger partial charge in [0.25, 0.3) is 5.91 Å². The summed E-state index contributed by atoms with van der Waals surface area (Å²) in [6.45, 7) is 1.29. The second kappa shape index (κ2) is 5.14. The molecular formula is C12H14BrFN2O. The summed E-state index contributed by atoms with van der Waals surface area (Å²) in [6, 6.07) is 4.15. The summed E-state index contributed by atoms with van der Waals surface area (Å²) >= 11 is 3.21. The molecule has 1 saturated heterocycles. The molecule has 17 heavy (non-hydrogen) atoms. The summed E-state index contributed by atoms with van der Waals surface area (Å²) in [7, 11) is 0. The first kappa shape index (κ1) is 12.5. The van der Waals surface area contributed by atoms with Gasteiger partial charge in [0.2, 0.25) is 0 Å². The van der Waals surface area contributed by atoms with Crippen LogP contribution >= 0.6 is 15.9 Å². The van der Waals surface area contributed by atoms with Crippen LogP contribution in [0.4, 0.5) is 4.39 Å². The summed E-state index contributed by atoms with van der Waals surface area (Å²) < 4.78 is 13.4. The zero-order valence-corrected chi connectivity index (χ0v) is 10.9. The minimum atomic E-state index is -0.358. The Morgan fingerprint density at radius 3 is 2.94 bits per heavy atom. The van der Waals surface area contributed by atoms with Gasteiger partial charge in [-0.1, -0.05) is 0 Å². The fraction of sp³-hybridized carbons (Fsp3) is 0.417. The van der Waals surface area contributed by atoms with Gasteiger partial charge in [-0.25, -0.2) is 4.39 Å². The molecule has 0 aliphatic carbocycles. The lowest BCUT2D eigenvalue weighted by atomic mass is 10.1. The molecule has 0 bridgehead atoms. The molecule has 2 rings (SSSR count). The lowest BCUT2D eigenvalue weighted by molar-refractivity contribution is 0.0708. The van der Waals surface area contributed by atoms with Crippen LogP contribution in [0.3, 0.4) is 0 Å². The Hall–Kier alpha value is -0.940. The molecule has 5 heteroatoms. The monoisotopic (exact) mass is 300 g/mol. The van der Waals surface area contributed by atoms with Crippen LogP contribution in [0.1, 0.15) is 23.2 Å². The minimum absolute atomic E-state index is 0.0481. The minimum Gasteiger partial charge on any atom is -0.337 e. The quantitative estimate of drug-likeness (QED) is 0.864. The predicted molar refractivity (Wildman–Crippen MR) is 67.2 cm³/mol. The number of carbonyl (C=O) groups excluding carboxylic acids is 1. The van der Waals surface area contributed by atoms with Crippen LogP contribution in [0.15, 0.2) is 22.7 Å². The van der Waals surface area contributed by atoms with E-state index in [9.17, 15) is 9.18 Å². The summed E-state index contributed by atoms with van der Waals surface area (Å²) in [5.74, 6) is -0.448. The number of hydrogen-bond donors (Lipinski definition) is 1. The van der Waals surface area contributed by atoms with E-state index >= 15 is 0 Å². The van der Waals surface area contributed by atoms with Gasteiger partial charge in [-0.2, -0.15) is 0 Å². The van der Waals surface area contributed by atoms with E-state index in [-0.39, 0.29) is 17.8 Å². The summed E-state index contributed by atoms with van der Waals surface area (Å²) in [5, 5.41) is 0. The molecular weight excluding hydrogens is 287 g/mol. The number of benzene rings is 1. The molecule has 2 N–H and O–H groups in total. The third-order valence-corrected chi connectivity index (χ3v) is 3.56. The highest BCUT2D eigenvalue weighted by Crippen LogP contribution is 2.21. The molecule has 1 fully saturated rings. The van der Waals surface area contributed by atoms with E-state index in [0.29, 0.717) is 16.6 Å². The zero-order valence-electron chi connectivity index (χ0n) is 9.33. The SMILES string of the molecule is N[C@@H]1CCCN(C(=O)c2ccc(F)cc2Br)C1. The number of rotatable bonds is 1. The summed E-state index contributed by atoms with van der Waals surface area (Å²) in [5.41, 5.74) is 6.32. The van der Waals surface area contributed by atoms with E-state index < -0.39 is 0 Å². The normalized spacial score (nSPS) is 20.4. The molecule has 0 spiro atoms. The van der Waals surface area contributed by atoms with Crippen LogP contribution in [0, 0.1) is 5.82 Å². The van der Waals surface area contributed by atoms with Gasteiger partial charge in [-0.3, -0.25) is 4.79 Å². The largest absolute Gasteiger partial charge is 0.337 e. The van der Waals surface area contributed by atoms with E-state index in [1.807, 2.05) is 0 Å². The molecule has 1 aliphatic heterocycles. The average molecular weight is 301 g/mol. The smallest absolute Gasteiger partial charge is 0.255 e. The molecule has 1 heterocycles. The van der Waals surface area contributed by atoms with Crippen molar-refractivity contribution in [1.29, 1.82) is 0 Å². The number of nitrogens with two attached hydrogens (primary N) is 1. The molecule has 92 valence electrons. The summed E-state index contributed by atoms with van der Waals surface area (Å²) in [4.78, 5) is 13.9. The highest BCUT2D eigenvalue weighted by Gasteiger charge is 2.23. The summed E-state index contributed by atoms with van der Waals surface area (Å²) in [6.07, 6.45) is 1.88. The van der Waals surface area contributed by atoms with Crippen LogP contribution in [0.2, 0.25) is 0 Å². The van der Waals surface area contributed by atoms with Crippen molar-refractivity contribution >= 4 is 21.8 Å². The van der Waals surface area contributed by atoms with Gasteiger partial charge in [0.05, 0.1) is 5.56 Å². The van der Waals surface area contributed by atoms with Crippen molar-refractivity contribution in [2.75, 3.05) is 13.1 Å². The molecule has 1 aliphatic rings. The van der Waals surface area contributed by atoms with Crippen molar-refractivity contribution < 1.29 is 9.18 Å². The number of piperidine rings is 1. The highest BCUT2D eigenvalue weighted by atomic mass is 79.9. The van der Waals surface area contributed by atoms with Crippen molar-refractivity contribution in [3.05, 3.63) is 34.1 Å². The molecule has 0 saturated carbocycles. The average Bonchev–Trinajstić information content (AvgIpc) is 2.28. The third kappa shape index (κ3) is 2.84. The molecule has 0 radical (unpaired) electrons. The second-order valence-corrected chi connectivity index (χ2v) is 5.13. The number of halogens is 2. The molecule has 1 atom stereocenters. The van der Waals surface area contributed by atoms with Crippen molar-refractivity contribution in [2.24, 2.45) is 5.73 Å². The van der Waals surface area contributed by atoms with E-state index in [1.165, 1.54) is 18.2 Å². The Morgan fingerprint density at radius 1 is 1.53 bits per heavy atom. The molecule has 0 unspecified atom stereocenters. The Morgan fingerprint density at radius 2 is 2.29 bits per heavy atom. The van der Waals surface area contributed by atoms with Gasteiger partial charge in [-0.05, 0) is 47.0 Å². The zero-order chi connectivity index (χ0) is 12.4. The first-order valence-electron chi connectivity index (χ1n) is 5.58. The Balaban J connectivity index is 2.18. The van der Waals surface area contributed by atoms with E-state index in [1.54, 1.807) is 4.90 Å². The number of likely N-dealkylation sites (tertiary alicyclic amines) is 1. The van der Waals surface area contributed by atoms with Gasteiger partial charge in [0, 0.05) is 23.6 Å². The first-order valence-corrected chi connectivity index (χ1v) is 6.37. The fourth-order valence-electron chi connectivity index (χ4n) is 2.03. The van der Waals surface area contributed by atoms with Crippen LogP contribution < -0.4 is 5.73 Å². The molecule has 3 nitrogen and oxygen atoms in total. The molecule has 1 aromatic carbocycles. The molecule has 1 aromatic rings. The maximum atomic E-state index is 12.9. The van der Waals surface area contributed by atoms with Crippen molar-refractivity contribution in [3.63, 3.8) is 0 Å². The van der Waals surface area contributed by atoms with Crippen molar-refractivity contribution in [1.82, 2.24) is 4.90 Å². The standard InChI is InChI=1S/C12H14BrFN2O/c13-11-6-8(14)3-4-10(11)12(17)16-5-1-2-9(15)7-16/h3-4,6,9H,1-2,5,7,15H2/t9-/m1/s1. The number of nitrogens with zero attached hydrogens (tertiary/aromatic N) is 1. The highest BCUT2D eigenvalue weighted by molar-refractivity contribution is 9.10. The molecule has 1 amide bonds. The number of carbonyl (C=O) groups is 1. The Kier molecular flexibility index (Phi) is 3.79. The van der Waals surface area contributed by atoms with Gasteiger partial charge in [0.15, 0.2) is 0 Å². The maximum absolute atomic E-state index is 12.9. The van der Waals surface area contributed by atoms with Crippen LogP contribution in [0.5, 0.6) is 0 Å². The lowest BCUT2D eigenvalue weighted by Crippen LogP contribution is -2.45. The Labute approximate surface area is 108 Å². The second-order valence-electron chi connectivity index (χ2n) is 4.28. The van der Waals surface area contributed by atoms with Gasteiger partial charge >= 0.3 is 0 Å². The maximum Gasteiger partial charge on any atom is 0.255 e. The predicted octanol–water partition coefficient (Wildman–Crippen LogP) is 2.15. The van der Waals surface area contributed by atoms with Crippen LogP contribution in [0.25, 0.3) is 0 Å². The fourth-order valence-corrected chi connectivity index (χ4v) is 2.55. The van der Waals surface area contributed by atoms with Gasteiger partial charge in [-0.15, -0.1) is 0 Å². The topological polar surface area (TPSA) is 46.3 Å². The van der Waals surface area contributed by atoms with Crippen LogP contribution in [-0.2, 0) is 0 Å². The Bertz CT molecular complexity index is 439. The van der Waals surface area contributed by atoms with E-state index in [4.69, 9.17) is 5.73 Å². The number of amides is 1. The van der Waals surface area contributed by atoms with Gasteiger partial charge < -0.3 is 10.6 Å². The lowest BCUT2D eigenvalue weighted by Gasteiger charge is -2.31.